The molecule has 42 heavy (non-hydrogen) atoms. The molecule has 2 aromatic heterocycles. The van der Waals surface area contributed by atoms with Crippen molar-refractivity contribution in [2.75, 3.05) is 31.2 Å². The number of benzene rings is 1. The van der Waals surface area contributed by atoms with E-state index in [1.165, 1.54) is 10.2 Å². The first kappa shape index (κ1) is 31.1. The van der Waals surface area contributed by atoms with Crippen molar-refractivity contribution in [3.63, 3.8) is 0 Å². The monoisotopic (exact) mass is 610 g/mol. The van der Waals surface area contributed by atoms with Crippen molar-refractivity contribution in [2.45, 2.75) is 38.9 Å². The number of ether oxygens (including phenoxy) is 1. The van der Waals surface area contributed by atoms with E-state index in [4.69, 9.17) is 4.74 Å². The summed E-state index contributed by atoms with van der Waals surface area (Å²) in [4.78, 5) is 31.9. The van der Waals surface area contributed by atoms with Gasteiger partial charge in [-0.05, 0) is 11.5 Å². The lowest BCUT2D eigenvalue weighted by Gasteiger charge is -2.37. The normalized spacial score (nSPS) is 15.7. The van der Waals surface area contributed by atoms with Gasteiger partial charge in [0.05, 0.1) is 18.6 Å². The van der Waals surface area contributed by atoms with Gasteiger partial charge < -0.3 is 15.0 Å². The van der Waals surface area contributed by atoms with Gasteiger partial charge in [-0.15, -0.1) is 0 Å². The Hall–Kier alpha value is -3.82. The van der Waals surface area contributed by atoms with E-state index >= 15 is 4.39 Å². The Morgan fingerprint density at radius 2 is 1.52 bits per heavy atom. The topological polar surface area (TPSA) is 76.5 Å². The summed E-state index contributed by atoms with van der Waals surface area (Å²) >= 11 is 0. The predicted molar refractivity (Wildman–Crippen MR) is 132 cm³/mol. The number of fused-ring (bicyclic) bond motifs is 1. The van der Waals surface area contributed by atoms with Crippen molar-refractivity contribution in [1.29, 1.82) is 0 Å². The van der Waals surface area contributed by atoms with Crippen LogP contribution in [0.3, 0.4) is 0 Å². The third kappa shape index (κ3) is 5.63. The maximum Gasteiger partial charge on any atom is 0.455 e. The molecule has 0 radical (unpaired) electrons. The van der Waals surface area contributed by atoms with E-state index in [2.05, 4.69) is 4.98 Å². The maximum atomic E-state index is 15.2. The van der Waals surface area contributed by atoms with Gasteiger partial charge in [0.1, 0.15) is 23.1 Å². The van der Waals surface area contributed by atoms with Crippen LogP contribution in [0.2, 0.25) is 0 Å². The van der Waals surface area contributed by atoms with Crippen molar-refractivity contribution >= 4 is 22.8 Å². The number of carbonyl (C=O) groups is 1. The predicted octanol–water partition coefficient (Wildman–Crippen LogP) is 5.12. The Bertz CT molecular complexity index is 1570. The van der Waals surface area contributed by atoms with Crippen LogP contribution in [0.5, 0.6) is 0 Å². The molecule has 0 saturated carbocycles. The van der Waals surface area contributed by atoms with E-state index in [0.29, 0.717) is 16.8 Å². The van der Waals surface area contributed by atoms with E-state index in [0.717, 1.165) is 20.8 Å². The molecule has 1 amide bonds. The van der Waals surface area contributed by atoms with Crippen molar-refractivity contribution in [1.82, 2.24) is 14.9 Å². The highest BCUT2D eigenvalue weighted by atomic mass is 19.4. The first-order chi connectivity index (χ1) is 19.3. The van der Waals surface area contributed by atoms with Crippen molar-refractivity contribution in [3.8, 4) is 5.69 Å². The number of halogens is 9. The number of pyridine rings is 2. The highest BCUT2D eigenvalue weighted by molar-refractivity contribution is 5.97. The average molecular weight is 610 g/mol. The molecule has 0 bridgehead atoms. The van der Waals surface area contributed by atoms with Gasteiger partial charge in [0.2, 0.25) is 5.43 Å². The lowest BCUT2D eigenvalue weighted by atomic mass is 9.82. The summed E-state index contributed by atoms with van der Waals surface area (Å²) in [5.41, 5.74) is -6.18. The zero-order chi connectivity index (χ0) is 31.4. The lowest BCUT2D eigenvalue weighted by molar-refractivity contribution is -0.300. The van der Waals surface area contributed by atoms with E-state index in [9.17, 15) is 44.7 Å². The van der Waals surface area contributed by atoms with Crippen molar-refractivity contribution in [3.05, 3.63) is 63.5 Å². The molecule has 1 aliphatic rings. The molecule has 1 N–H and O–H groups in total. The molecular formula is C26H23F9N4O3. The van der Waals surface area contributed by atoms with Gasteiger partial charge in [0.25, 0.3) is 5.91 Å². The number of nitrogens with zero attached hydrogens (tertiary/aromatic N) is 3. The van der Waals surface area contributed by atoms with Crippen LogP contribution in [0.4, 0.5) is 45.3 Å². The second-order valence-corrected chi connectivity index (χ2v) is 10.6. The third-order valence-electron chi connectivity index (χ3n) is 6.57. The molecular weight excluding hydrogens is 587 g/mol. The Morgan fingerprint density at radius 1 is 0.952 bits per heavy atom. The first-order valence-corrected chi connectivity index (χ1v) is 12.3. The number of morpholine rings is 1. The molecule has 16 heteroatoms. The molecule has 1 unspecified atom stereocenters. The van der Waals surface area contributed by atoms with E-state index < -0.39 is 80.4 Å². The molecule has 1 aromatic carbocycles. The number of anilines is 1. The lowest BCUT2D eigenvalue weighted by Crippen LogP contribution is -2.61. The van der Waals surface area contributed by atoms with Crippen LogP contribution in [0, 0.1) is 28.7 Å². The summed E-state index contributed by atoms with van der Waals surface area (Å²) in [6, 6.07) is -1.81. The number of carbonyl (C=O) groups excluding carboxylic acids is 1. The number of aromatic nitrogens is 2. The van der Waals surface area contributed by atoms with E-state index in [1.807, 2.05) is 0 Å². The number of amides is 1. The fourth-order valence-electron chi connectivity index (χ4n) is 4.53. The SMILES string of the molecule is CC(C)(C)C(NC(=O)c1cn(-c2c(F)cc(F)cc2F)c2nc(N3CCOCC3)c(F)cc2c1=O)C(F)(F)C(F)(F)F. The molecule has 3 heterocycles. The molecule has 1 atom stereocenters. The minimum Gasteiger partial charge on any atom is -0.378 e. The molecule has 1 saturated heterocycles. The highest BCUT2D eigenvalue weighted by Crippen LogP contribution is 2.43. The number of nitrogens with one attached hydrogen (secondary N) is 1. The Kier molecular flexibility index (Phi) is 7.99. The second kappa shape index (κ2) is 10.8. The number of hydrogen-bond donors (Lipinski definition) is 1. The number of hydrogen-bond acceptors (Lipinski definition) is 5. The number of alkyl halides is 5. The van der Waals surface area contributed by atoms with Crippen LogP contribution in [0.15, 0.2) is 29.2 Å². The van der Waals surface area contributed by atoms with E-state index in [-0.39, 0.29) is 44.3 Å². The molecule has 228 valence electrons. The quantitative estimate of drug-likeness (QED) is 0.406. The van der Waals surface area contributed by atoms with Gasteiger partial charge >= 0.3 is 12.1 Å². The van der Waals surface area contributed by atoms with Crippen molar-refractivity contribution < 1.29 is 49.0 Å². The van der Waals surface area contributed by atoms with Crippen LogP contribution in [-0.2, 0) is 4.74 Å². The fourth-order valence-corrected chi connectivity index (χ4v) is 4.53. The van der Waals surface area contributed by atoms with E-state index in [1.54, 1.807) is 0 Å². The standard InChI is InChI=1S/C26H23F9N4O3/c1-24(2,3)23(25(31,32)26(33,34)35)37-22(41)14-11-39(18-15(28)8-12(27)9-16(18)29)20-13(19(14)40)10-17(30)21(36-20)38-4-6-42-7-5-38/h8-11,23H,4-7H2,1-3H3,(H,37,41). The first-order valence-electron chi connectivity index (χ1n) is 12.3. The molecule has 4 rings (SSSR count). The van der Waals surface area contributed by atoms with Gasteiger partial charge in [0, 0.05) is 31.4 Å². The van der Waals surface area contributed by atoms with Gasteiger partial charge in [-0.3, -0.25) is 14.2 Å². The molecule has 0 aliphatic carbocycles. The summed E-state index contributed by atoms with van der Waals surface area (Å²) in [6.07, 6.45) is -5.65. The Labute approximate surface area is 231 Å². The minimum atomic E-state index is -6.11. The van der Waals surface area contributed by atoms with Crippen LogP contribution >= 0.6 is 0 Å². The highest BCUT2D eigenvalue weighted by Gasteiger charge is 2.65. The molecule has 7 nitrogen and oxygen atoms in total. The second-order valence-electron chi connectivity index (χ2n) is 10.6. The van der Waals surface area contributed by atoms with Crippen LogP contribution in [0.1, 0.15) is 31.1 Å². The summed E-state index contributed by atoms with van der Waals surface area (Å²) < 4.78 is 133. The largest absolute Gasteiger partial charge is 0.455 e. The molecule has 1 fully saturated rings. The summed E-state index contributed by atoms with van der Waals surface area (Å²) in [5, 5.41) is 0.746. The summed E-state index contributed by atoms with van der Waals surface area (Å²) in [5.74, 6) is -13.2. The van der Waals surface area contributed by atoms with Gasteiger partial charge in [-0.1, -0.05) is 20.8 Å². The Balaban J connectivity index is 1.98. The molecule has 3 aromatic rings. The minimum absolute atomic E-state index is 0.140. The third-order valence-corrected chi connectivity index (χ3v) is 6.57. The summed E-state index contributed by atoms with van der Waals surface area (Å²) in [6.45, 7) is 3.56. The zero-order valence-corrected chi connectivity index (χ0v) is 22.2. The van der Waals surface area contributed by atoms with Crippen LogP contribution < -0.4 is 15.6 Å². The maximum absolute atomic E-state index is 15.2. The fraction of sp³-hybridized carbons (Fsp3) is 0.423. The summed E-state index contributed by atoms with van der Waals surface area (Å²) in [7, 11) is 0. The average Bonchev–Trinajstić information content (AvgIpc) is 2.86. The van der Waals surface area contributed by atoms with Crippen LogP contribution in [-0.4, -0.2) is 59.9 Å². The van der Waals surface area contributed by atoms with Gasteiger partial charge in [-0.25, -0.2) is 22.5 Å². The smallest absolute Gasteiger partial charge is 0.378 e. The van der Waals surface area contributed by atoms with Crippen molar-refractivity contribution in [2.24, 2.45) is 5.41 Å². The molecule has 1 aliphatic heterocycles. The number of rotatable bonds is 5. The zero-order valence-electron chi connectivity index (χ0n) is 22.2. The van der Waals surface area contributed by atoms with Crippen LogP contribution in [0.25, 0.3) is 16.7 Å². The Morgan fingerprint density at radius 3 is 2.05 bits per heavy atom. The molecule has 0 spiro atoms. The van der Waals surface area contributed by atoms with Gasteiger partial charge in [0.15, 0.2) is 28.9 Å². The van der Waals surface area contributed by atoms with Gasteiger partial charge in [-0.2, -0.15) is 22.0 Å².